The van der Waals surface area contributed by atoms with Crippen LogP contribution in [0.3, 0.4) is 0 Å². The summed E-state index contributed by atoms with van der Waals surface area (Å²) in [6.45, 7) is 8.00. The quantitative estimate of drug-likeness (QED) is 0.415. The zero-order valence-electron chi connectivity index (χ0n) is 18.1. The van der Waals surface area contributed by atoms with E-state index >= 15 is 0 Å². The molecule has 7 heteroatoms. The van der Waals surface area contributed by atoms with Crippen LogP contribution in [0.15, 0.2) is 46.9 Å². The first-order chi connectivity index (χ1) is 14.6. The molecule has 2 aromatic rings. The molecule has 1 heterocycles. The number of hydrogen-bond donors (Lipinski definition) is 0. The second-order valence-electron chi connectivity index (χ2n) is 7.60. The molecule has 0 aliphatic carbocycles. The predicted octanol–water partition coefficient (Wildman–Crippen LogP) is 7.81. The lowest BCUT2D eigenvalue weighted by atomic mass is 10.2. The Labute approximate surface area is 197 Å². The lowest BCUT2D eigenvalue weighted by Gasteiger charge is -2.15. The fraction of sp³-hybridized carbons (Fsp3) is 0.458. The molecule has 1 fully saturated rings. The second-order valence-corrected chi connectivity index (χ2v) is 8.86. The van der Waals surface area contributed by atoms with E-state index in [1.807, 2.05) is 30.0 Å². The summed E-state index contributed by atoms with van der Waals surface area (Å²) in [5.41, 5.74) is 2.98. The zero-order valence-corrected chi connectivity index (χ0v) is 20.5. The molecule has 1 saturated heterocycles. The highest BCUT2D eigenvalue weighted by atomic mass is 79.9. The summed E-state index contributed by atoms with van der Waals surface area (Å²) < 4.78 is 36.6. The van der Waals surface area contributed by atoms with E-state index in [9.17, 15) is 13.2 Å². The Morgan fingerprint density at radius 2 is 1.90 bits per heavy atom. The van der Waals surface area contributed by atoms with Crippen molar-refractivity contribution in [3.05, 3.63) is 68.7 Å². The lowest BCUT2D eigenvalue weighted by Crippen LogP contribution is -2.25. The van der Waals surface area contributed by atoms with E-state index in [2.05, 4.69) is 48.0 Å². The lowest BCUT2D eigenvalue weighted by molar-refractivity contribution is -0.137. The second kappa shape index (κ2) is 13.8. The van der Waals surface area contributed by atoms with Gasteiger partial charge in [0.2, 0.25) is 0 Å². The molecule has 0 spiro atoms. The molecule has 31 heavy (non-hydrogen) atoms. The van der Waals surface area contributed by atoms with Gasteiger partial charge in [0.05, 0.1) is 17.0 Å². The minimum atomic E-state index is -3.99. The molecule has 0 aromatic heterocycles. The fourth-order valence-electron chi connectivity index (χ4n) is 3.01. The number of nitriles is 1. The number of nitrogens with zero attached hydrogens (tertiary/aromatic N) is 2. The number of benzene rings is 2. The van der Waals surface area contributed by atoms with Gasteiger partial charge in [0.25, 0.3) is 0 Å². The molecule has 0 N–H and O–H groups in total. The molecule has 2 aromatic carbocycles. The van der Waals surface area contributed by atoms with E-state index in [1.165, 1.54) is 10.0 Å². The summed E-state index contributed by atoms with van der Waals surface area (Å²) >= 11 is 9.16. The Morgan fingerprint density at radius 1 is 1.23 bits per heavy atom. The standard InChI is InChI=1S/C8H9Br.C8H6ClN.C8H14F3N/c1-2-7-5-3-4-6-8(7)9;1-6-2-3-7(5-10)8(9)4-6;1-7-2-4-12(6-7)5-3-8(9,10)11/h3-6H,2H2,1H3;2-4H,1H3;7H,2-6H2,1H3/t;;7-/m..0/s1. The van der Waals surface area contributed by atoms with E-state index in [1.54, 1.807) is 12.1 Å². The van der Waals surface area contributed by atoms with Crippen LogP contribution in [0.2, 0.25) is 5.02 Å². The van der Waals surface area contributed by atoms with Gasteiger partial charge in [0.15, 0.2) is 0 Å². The van der Waals surface area contributed by atoms with Crippen molar-refractivity contribution in [2.24, 2.45) is 5.92 Å². The van der Waals surface area contributed by atoms with Gasteiger partial charge in [-0.1, -0.05) is 65.6 Å². The number of halogens is 5. The summed E-state index contributed by atoms with van der Waals surface area (Å²) in [7, 11) is 0. The van der Waals surface area contributed by atoms with Crippen molar-refractivity contribution in [2.75, 3.05) is 19.6 Å². The first kappa shape index (κ1) is 27.5. The highest BCUT2D eigenvalue weighted by Crippen LogP contribution is 2.22. The molecule has 2 nitrogen and oxygen atoms in total. The number of rotatable bonds is 3. The molecule has 0 saturated carbocycles. The van der Waals surface area contributed by atoms with Gasteiger partial charge in [0, 0.05) is 17.6 Å². The van der Waals surface area contributed by atoms with Gasteiger partial charge >= 0.3 is 6.18 Å². The smallest absolute Gasteiger partial charge is 0.303 e. The molecule has 1 aliphatic rings. The van der Waals surface area contributed by atoms with E-state index in [0.717, 1.165) is 31.5 Å². The Kier molecular flexibility index (Phi) is 12.2. The third-order valence-electron chi connectivity index (χ3n) is 4.80. The van der Waals surface area contributed by atoms with Crippen LogP contribution in [0.4, 0.5) is 13.2 Å². The highest BCUT2D eigenvalue weighted by molar-refractivity contribution is 9.10. The van der Waals surface area contributed by atoms with Crippen LogP contribution >= 0.6 is 27.5 Å². The van der Waals surface area contributed by atoms with E-state index in [4.69, 9.17) is 16.9 Å². The summed E-state index contributed by atoms with van der Waals surface area (Å²) in [6, 6.07) is 15.6. The van der Waals surface area contributed by atoms with Crippen LogP contribution in [0.5, 0.6) is 0 Å². The van der Waals surface area contributed by atoms with Gasteiger partial charge in [-0.05, 0) is 61.6 Å². The molecule has 0 bridgehead atoms. The maximum absolute atomic E-state index is 11.8. The normalized spacial score (nSPS) is 15.9. The van der Waals surface area contributed by atoms with E-state index < -0.39 is 12.6 Å². The van der Waals surface area contributed by atoms with Crippen molar-refractivity contribution in [1.29, 1.82) is 5.26 Å². The third-order valence-corrected chi connectivity index (χ3v) is 5.89. The summed E-state index contributed by atoms with van der Waals surface area (Å²) in [5.74, 6) is 0.568. The van der Waals surface area contributed by atoms with Crippen LogP contribution in [-0.4, -0.2) is 30.7 Å². The minimum absolute atomic E-state index is 0.174. The molecule has 0 unspecified atom stereocenters. The third kappa shape index (κ3) is 11.6. The summed E-state index contributed by atoms with van der Waals surface area (Å²) in [4.78, 5) is 1.89. The Bertz CT molecular complexity index is 849. The van der Waals surface area contributed by atoms with Crippen LogP contribution < -0.4 is 0 Å². The van der Waals surface area contributed by atoms with Crippen molar-refractivity contribution in [1.82, 2.24) is 4.90 Å². The average Bonchev–Trinajstić information content (AvgIpc) is 3.13. The van der Waals surface area contributed by atoms with Gasteiger partial charge in [0.1, 0.15) is 6.07 Å². The van der Waals surface area contributed by atoms with E-state index in [0.29, 0.717) is 16.5 Å². The number of hydrogen-bond acceptors (Lipinski definition) is 2. The zero-order chi connectivity index (χ0) is 23.4. The Morgan fingerprint density at radius 3 is 2.35 bits per heavy atom. The molecule has 1 atom stereocenters. The molecule has 170 valence electrons. The molecular weight excluding hydrogens is 489 g/mol. The van der Waals surface area contributed by atoms with Gasteiger partial charge < -0.3 is 4.90 Å². The fourth-order valence-corrected chi connectivity index (χ4v) is 3.85. The van der Waals surface area contributed by atoms with Gasteiger partial charge in [-0.3, -0.25) is 0 Å². The first-order valence-corrected chi connectivity index (χ1v) is 11.4. The monoisotopic (exact) mass is 516 g/mol. The summed E-state index contributed by atoms with van der Waals surface area (Å²) in [6.07, 6.45) is -2.52. The molecule has 0 radical (unpaired) electrons. The van der Waals surface area contributed by atoms with Crippen molar-refractivity contribution in [3.63, 3.8) is 0 Å². The average molecular weight is 518 g/mol. The maximum atomic E-state index is 11.8. The van der Waals surface area contributed by atoms with Crippen molar-refractivity contribution < 1.29 is 13.2 Å². The van der Waals surface area contributed by atoms with E-state index in [-0.39, 0.29) is 6.54 Å². The minimum Gasteiger partial charge on any atom is -0.303 e. The van der Waals surface area contributed by atoms with Crippen molar-refractivity contribution in [3.8, 4) is 6.07 Å². The van der Waals surface area contributed by atoms with Gasteiger partial charge in [-0.25, -0.2) is 0 Å². The molecular formula is C24H29BrClF3N2. The van der Waals surface area contributed by atoms with Crippen LogP contribution in [0, 0.1) is 24.2 Å². The number of alkyl halides is 3. The number of aryl methyl sites for hydroxylation is 2. The van der Waals surface area contributed by atoms with Crippen molar-refractivity contribution in [2.45, 2.75) is 46.2 Å². The Hall–Kier alpha value is -1.55. The van der Waals surface area contributed by atoms with Crippen LogP contribution in [-0.2, 0) is 6.42 Å². The van der Waals surface area contributed by atoms with Crippen LogP contribution in [0.1, 0.15) is 43.4 Å². The molecule has 3 rings (SSSR count). The highest BCUT2D eigenvalue weighted by Gasteiger charge is 2.29. The SMILES string of the molecule is CCc1ccccc1Br.C[C@H]1CCN(CCC(F)(F)F)C1.Cc1ccc(C#N)c(Cl)c1. The molecule has 1 aliphatic heterocycles. The van der Waals surface area contributed by atoms with Gasteiger partial charge in [-0.15, -0.1) is 0 Å². The maximum Gasteiger partial charge on any atom is 0.390 e. The largest absolute Gasteiger partial charge is 0.390 e. The van der Waals surface area contributed by atoms with Gasteiger partial charge in [-0.2, -0.15) is 18.4 Å². The predicted molar refractivity (Wildman–Crippen MR) is 125 cm³/mol. The van der Waals surface area contributed by atoms with Crippen molar-refractivity contribution >= 4 is 27.5 Å². The first-order valence-electron chi connectivity index (χ1n) is 10.2. The van der Waals surface area contributed by atoms with Crippen LogP contribution in [0.25, 0.3) is 0 Å². The number of likely N-dealkylation sites (tertiary alicyclic amines) is 1. The Balaban J connectivity index is 0.000000235. The summed E-state index contributed by atoms with van der Waals surface area (Å²) in [5, 5.41) is 9.00. The topological polar surface area (TPSA) is 27.0 Å². The molecule has 0 amide bonds.